The molecule has 0 aliphatic heterocycles. The first-order valence-electron chi connectivity index (χ1n) is 5.17. The Morgan fingerprint density at radius 1 is 1.18 bits per heavy atom. The lowest BCUT2D eigenvalue weighted by atomic mass is 10.2. The summed E-state index contributed by atoms with van der Waals surface area (Å²) in [5.74, 6) is 0.308. The fraction of sp³-hybridized carbons (Fsp3) is 0. The standard InChI is InChI=1S/C13H10N2OS/c14-9-4-5-15-10(7-9)12-6-8-2-1-3-11(16)13(8)17-12/h1-7,16H,(H2,14,15). The molecule has 0 unspecified atom stereocenters. The van der Waals surface area contributed by atoms with Crippen molar-refractivity contribution < 1.29 is 5.11 Å². The van der Waals surface area contributed by atoms with Gasteiger partial charge in [-0.2, -0.15) is 0 Å². The average molecular weight is 242 g/mol. The van der Waals surface area contributed by atoms with Crippen molar-refractivity contribution >= 4 is 27.1 Å². The van der Waals surface area contributed by atoms with E-state index in [1.807, 2.05) is 24.3 Å². The number of aromatic nitrogens is 1. The molecule has 3 N–H and O–H groups in total. The van der Waals surface area contributed by atoms with Gasteiger partial charge >= 0.3 is 0 Å². The Morgan fingerprint density at radius 3 is 2.82 bits per heavy atom. The summed E-state index contributed by atoms with van der Waals surface area (Å²) in [5.41, 5.74) is 7.27. The van der Waals surface area contributed by atoms with E-state index in [0.29, 0.717) is 11.4 Å². The molecule has 0 aliphatic carbocycles. The van der Waals surface area contributed by atoms with Crippen LogP contribution in [0.1, 0.15) is 0 Å². The number of hydrogen-bond acceptors (Lipinski definition) is 4. The van der Waals surface area contributed by atoms with Crippen molar-refractivity contribution in [3.8, 4) is 16.3 Å². The fourth-order valence-corrected chi connectivity index (χ4v) is 2.80. The van der Waals surface area contributed by atoms with Crippen LogP contribution in [0, 0.1) is 0 Å². The molecule has 17 heavy (non-hydrogen) atoms. The minimum atomic E-state index is 0.308. The van der Waals surface area contributed by atoms with Gasteiger partial charge in [-0.15, -0.1) is 11.3 Å². The summed E-state index contributed by atoms with van der Waals surface area (Å²) >= 11 is 1.52. The van der Waals surface area contributed by atoms with Crippen LogP contribution in [-0.2, 0) is 0 Å². The van der Waals surface area contributed by atoms with E-state index >= 15 is 0 Å². The van der Waals surface area contributed by atoms with Crippen molar-refractivity contribution in [1.82, 2.24) is 4.98 Å². The maximum atomic E-state index is 9.75. The molecule has 84 valence electrons. The van der Waals surface area contributed by atoms with E-state index in [0.717, 1.165) is 20.7 Å². The molecule has 0 saturated carbocycles. The molecule has 2 heterocycles. The quantitative estimate of drug-likeness (QED) is 0.688. The van der Waals surface area contributed by atoms with Gasteiger partial charge in [0.25, 0.3) is 0 Å². The van der Waals surface area contributed by atoms with E-state index < -0.39 is 0 Å². The van der Waals surface area contributed by atoms with Gasteiger partial charge in [-0.05, 0) is 29.7 Å². The van der Waals surface area contributed by atoms with Crippen molar-refractivity contribution in [3.05, 3.63) is 42.6 Å². The second kappa shape index (κ2) is 3.75. The molecule has 3 nitrogen and oxygen atoms in total. The molecule has 0 amide bonds. The largest absolute Gasteiger partial charge is 0.506 e. The maximum Gasteiger partial charge on any atom is 0.133 e. The predicted octanol–water partition coefficient (Wildman–Crippen LogP) is 3.25. The van der Waals surface area contributed by atoms with Gasteiger partial charge in [-0.3, -0.25) is 4.98 Å². The Balaban J connectivity index is 2.22. The van der Waals surface area contributed by atoms with Crippen molar-refractivity contribution in [2.75, 3.05) is 5.73 Å². The lowest BCUT2D eigenvalue weighted by Gasteiger charge is -1.96. The van der Waals surface area contributed by atoms with Crippen LogP contribution >= 0.6 is 11.3 Å². The van der Waals surface area contributed by atoms with Gasteiger partial charge in [-0.25, -0.2) is 0 Å². The van der Waals surface area contributed by atoms with Crippen molar-refractivity contribution in [2.45, 2.75) is 0 Å². The van der Waals surface area contributed by atoms with E-state index in [4.69, 9.17) is 5.73 Å². The average Bonchev–Trinajstić information content (AvgIpc) is 2.74. The number of thiophene rings is 1. The molecule has 0 fully saturated rings. The molecule has 0 spiro atoms. The number of phenolic OH excluding ortho intramolecular Hbond substituents is 1. The zero-order valence-electron chi connectivity index (χ0n) is 8.92. The summed E-state index contributed by atoms with van der Waals surface area (Å²) in [4.78, 5) is 5.29. The number of fused-ring (bicyclic) bond motifs is 1. The van der Waals surface area contributed by atoms with Gasteiger partial charge in [0, 0.05) is 11.9 Å². The Labute approximate surface area is 102 Å². The number of nitrogen functional groups attached to an aromatic ring is 1. The second-order valence-corrected chi connectivity index (χ2v) is 4.83. The van der Waals surface area contributed by atoms with E-state index in [1.165, 1.54) is 11.3 Å². The number of aromatic hydroxyl groups is 1. The van der Waals surface area contributed by atoms with Gasteiger partial charge in [0.15, 0.2) is 0 Å². The highest BCUT2D eigenvalue weighted by molar-refractivity contribution is 7.22. The number of benzene rings is 1. The molecule has 3 aromatic rings. The first kappa shape index (κ1) is 10.1. The highest BCUT2D eigenvalue weighted by atomic mass is 32.1. The van der Waals surface area contributed by atoms with Crippen LogP contribution in [0.5, 0.6) is 5.75 Å². The number of phenols is 1. The Bertz CT molecular complexity index is 691. The van der Waals surface area contributed by atoms with Crippen molar-refractivity contribution in [2.24, 2.45) is 0 Å². The Kier molecular flexibility index (Phi) is 2.23. The molecule has 1 aromatic carbocycles. The van der Waals surface area contributed by atoms with Crippen LogP contribution in [0.25, 0.3) is 20.7 Å². The van der Waals surface area contributed by atoms with Crippen molar-refractivity contribution in [1.29, 1.82) is 0 Å². The maximum absolute atomic E-state index is 9.75. The SMILES string of the molecule is Nc1ccnc(-c2cc3cccc(O)c3s2)c1. The number of anilines is 1. The minimum Gasteiger partial charge on any atom is -0.506 e. The number of nitrogens with two attached hydrogens (primary N) is 1. The molecule has 0 atom stereocenters. The van der Waals surface area contributed by atoms with Crippen LogP contribution in [0.3, 0.4) is 0 Å². The summed E-state index contributed by atoms with van der Waals surface area (Å²) in [6.45, 7) is 0. The smallest absolute Gasteiger partial charge is 0.133 e. The molecule has 4 heteroatoms. The molecule has 2 aromatic heterocycles. The highest BCUT2D eigenvalue weighted by Gasteiger charge is 2.08. The number of nitrogens with zero attached hydrogens (tertiary/aromatic N) is 1. The van der Waals surface area contributed by atoms with Crippen LogP contribution in [-0.4, -0.2) is 10.1 Å². The first-order chi connectivity index (χ1) is 8.24. The van der Waals surface area contributed by atoms with Crippen molar-refractivity contribution in [3.63, 3.8) is 0 Å². The fourth-order valence-electron chi connectivity index (χ4n) is 1.76. The predicted molar refractivity (Wildman–Crippen MR) is 71.1 cm³/mol. The summed E-state index contributed by atoms with van der Waals surface area (Å²) < 4.78 is 0.881. The van der Waals surface area contributed by atoms with Gasteiger partial charge in [0.1, 0.15) is 5.75 Å². The number of pyridine rings is 1. The van der Waals surface area contributed by atoms with Gasteiger partial charge < -0.3 is 10.8 Å². The number of hydrogen-bond donors (Lipinski definition) is 2. The molecule has 3 rings (SSSR count). The molecular formula is C13H10N2OS. The Hall–Kier alpha value is -2.07. The summed E-state index contributed by atoms with van der Waals surface area (Å²) in [6, 6.07) is 11.1. The van der Waals surface area contributed by atoms with Gasteiger partial charge in [0.05, 0.1) is 15.3 Å². The summed E-state index contributed by atoms with van der Waals surface area (Å²) in [6.07, 6.45) is 1.69. The molecule has 0 aliphatic rings. The third-order valence-electron chi connectivity index (χ3n) is 2.56. The lowest BCUT2D eigenvalue weighted by molar-refractivity contribution is 0.482. The number of rotatable bonds is 1. The summed E-state index contributed by atoms with van der Waals surface area (Å²) in [7, 11) is 0. The van der Waals surface area contributed by atoms with Gasteiger partial charge in [-0.1, -0.05) is 12.1 Å². The third kappa shape index (κ3) is 1.72. The first-order valence-corrected chi connectivity index (χ1v) is 5.99. The third-order valence-corrected chi connectivity index (χ3v) is 3.76. The Morgan fingerprint density at radius 2 is 2.06 bits per heavy atom. The molecule has 0 radical (unpaired) electrons. The minimum absolute atomic E-state index is 0.308. The van der Waals surface area contributed by atoms with E-state index in [-0.39, 0.29) is 0 Å². The highest BCUT2D eigenvalue weighted by Crippen LogP contribution is 2.37. The normalized spacial score (nSPS) is 10.8. The van der Waals surface area contributed by atoms with Crippen LogP contribution in [0.15, 0.2) is 42.6 Å². The van der Waals surface area contributed by atoms with Crippen LogP contribution in [0.2, 0.25) is 0 Å². The summed E-state index contributed by atoms with van der Waals surface area (Å²) in [5, 5.41) is 10.8. The van der Waals surface area contributed by atoms with E-state index in [9.17, 15) is 5.11 Å². The zero-order valence-corrected chi connectivity index (χ0v) is 9.74. The molecular weight excluding hydrogens is 232 g/mol. The monoisotopic (exact) mass is 242 g/mol. The van der Waals surface area contributed by atoms with Gasteiger partial charge in [0.2, 0.25) is 0 Å². The van der Waals surface area contributed by atoms with Crippen LogP contribution in [0.4, 0.5) is 5.69 Å². The lowest BCUT2D eigenvalue weighted by Crippen LogP contribution is -1.86. The molecule has 0 saturated heterocycles. The van der Waals surface area contributed by atoms with E-state index in [1.54, 1.807) is 18.3 Å². The second-order valence-electron chi connectivity index (χ2n) is 3.78. The topological polar surface area (TPSA) is 59.1 Å². The van der Waals surface area contributed by atoms with Crippen LogP contribution < -0.4 is 5.73 Å². The molecule has 0 bridgehead atoms. The zero-order chi connectivity index (χ0) is 11.8. The van der Waals surface area contributed by atoms with E-state index in [2.05, 4.69) is 4.98 Å².